The Labute approximate surface area is 233 Å². The van der Waals surface area contributed by atoms with Gasteiger partial charge in [-0.15, -0.1) is 0 Å². The SMILES string of the molecule is Cc1cc(NC(=O)C(Cc2ccc(C(=O)NCCC(=O)O)cc2)C2CCC(C(C)(C)C)CC2)cc(C(F)(F)F)c1. The average Bonchev–Trinajstić information content (AvgIpc) is 2.86. The Hall–Kier alpha value is -3.36. The fourth-order valence-electron chi connectivity index (χ4n) is 5.55. The maximum Gasteiger partial charge on any atom is 0.416 e. The molecule has 9 heteroatoms. The zero-order valence-electron chi connectivity index (χ0n) is 23.5. The van der Waals surface area contributed by atoms with Crippen LogP contribution in [0.25, 0.3) is 0 Å². The summed E-state index contributed by atoms with van der Waals surface area (Å²) in [6, 6.07) is 10.4. The Balaban J connectivity index is 1.79. The van der Waals surface area contributed by atoms with Crippen LogP contribution in [-0.2, 0) is 22.2 Å². The van der Waals surface area contributed by atoms with Gasteiger partial charge < -0.3 is 15.7 Å². The highest BCUT2D eigenvalue weighted by Gasteiger charge is 2.36. The number of carboxylic acids is 1. The normalized spacial score (nSPS) is 18.6. The zero-order chi connectivity index (χ0) is 29.7. The molecule has 0 aromatic heterocycles. The lowest BCUT2D eigenvalue weighted by Crippen LogP contribution is -2.35. The number of benzene rings is 2. The maximum atomic E-state index is 13.6. The maximum absolute atomic E-state index is 13.6. The van der Waals surface area contributed by atoms with Gasteiger partial charge in [0, 0.05) is 23.7 Å². The van der Waals surface area contributed by atoms with Crippen molar-refractivity contribution in [2.75, 3.05) is 11.9 Å². The molecule has 0 heterocycles. The molecule has 1 unspecified atom stereocenters. The van der Waals surface area contributed by atoms with E-state index >= 15 is 0 Å². The molecule has 1 saturated carbocycles. The molecule has 1 fully saturated rings. The largest absolute Gasteiger partial charge is 0.481 e. The molecule has 0 bridgehead atoms. The number of hydrogen-bond donors (Lipinski definition) is 3. The van der Waals surface area contributed by atoms with Crippen LogP contribution in [0.3, 0.4) is 0 Å². The molecule has 2 aromatic carbocycles. The lowest BCUT2D eigenvalue weighted by atomic mass is 9.66. The van der Waals surface area contributed by atoms with Crippen molar-refractivity contribution in [1.82, 2.24) is 5.32 Å². The van der Waals surface area contributed by atoms with E-state index in [4.69, 9.17) is 5.11 Å². The third-order valence-electron chi connectivity index (χ3n) is 7.87. The molecule has 40 heavy (non-hydrogen) atoms. The minimum atomic E-state index is -4.52. The van der Waals surface area contributed by atoms with Crippen LogP contribution in [0.4, 0.5) is 18.9 Å². The van der Waals surface area contributed by atoms with E-state index in [1.165, 1.54) is 0 Å². The second kappa shape index (κ2) is 12.9. The lowest BCUT2D eigenvalue weighted by Gasteiger charge is -2.39. The number of halogens is 3. The molecular formula is C31H39F3N2O4. The van der Waals surface area contributed by atoms with Crippen molar-refractivity contribution < 1.29 is 32.7 Å². The number of carboxylic acid groups (broad SMARTS) is 1. The van der Waals surface area contributed by atoms with E-state index in [-0.39, 0.29) is 41.8 Å². The van der Waals surface area contributed by atoms with Gasteiger partial charge in [-0.2, -0.15) is 13.2 Å². The number of carbonyl (C=O) groups is 3. The molecule has 1 atom stereocenters. The first-order chi connectivity index (χ1) is 18.6. The molecule has 1 aliphatic rings. The summed E-state index contributed by atoms with van der Waals surface area (Å²) in [5, 5.41) is 14.1. The van der Waals surface area contributed by atoms with Gasteiger partial charge in [-0.25, -0.2) is 0 Å². The average molecular weight is 561 g/mol. The van der Waals surface area contributed by atoms with E-state index in [1.807, 2.05) is 0 Å². The highest BCUT2D eigenvalue weighted by atomic mass is 19.4. The highest BCUT2D eigenvalue weighted by Crippen LogP contribution is 2.43. The first-order valence-electron chi connectivity index (χ1n) is 13.7. The van der Waals surface area contributed by atoms with Gasteiger partial charge in [-0.3, -0.25) is 14.4 Å². The minimum absolute atomic E-state index is 0.0183. The molecule has 2 amide bonds. The smallest absolute Gasteiger partial charge is 0.416 e. The standard InChI is InChI=1S/C31H39F3N2O4/c1-19-15-24(31(32,33)34)18-25(16-19)36-29(40)26(21-9-11-23(12-10-21)30(2,3)4)17-20-5-7-22(8-6-20)28(39)35-14-13-27(37)38/h5-8,15-16,18,21,23,26H,9-14,17H2,1-4H3,(H,35,39)(H,36,40)(H,37,38). The quantitative estimate of drug-likeness (QED) is 0.312. The van der Waals surface area contributed by atoms with Gasteiger partial charge in [-0.1, -0.05) is 32.9 Å². The summed E-state index contributed by atoms with van der Waals surface area (Å²) in [5.41, 5.74) is 1.10. The third-order valence-corrected chi connectivity index (χ3v) is 7.87. The number of anilines is 1. The predicted octanol–water partition coefficient (Wildman–Crippen LogP) is 6.87. The van der Waals surface area contributed by atoms with Gasteiger partial charge in [0.25, 0.3) is 5.91 Å². The molecule has 0 aliphatic heterocycles. The number of nitrogens with one attached hydrogen (secondary N) is 2. The van der Waals surface area contributed by atoms with E-state index in [0.29, 0.717) is 23.5 Å². The number of carbonyl (C=O) groups excluding carboxylic acids is 2. The summed E-state index contributed by atoms with van der Waals surface area (Å²) in [6.07, 6.45) is -0.638. The Morgan fingerprint density at radius 1 is 0.975 bits per heavy atom. The van der Waals surface area contributed by atoms with Crippen molar-refractivity contribution in [2.45, 2.75) is 72.4 Å². The lowest BCUT2D eigenvalue weighted by molar-refractivity contribution is -0.138. The summed E-state index contributed by atoms with van der Waals surface area (Å²) in [4.78, 5) is 36.6. The molecule has 0 spiro atoms. The predicted molar refractivity (Wildman–Crippen MR) is 148 cm³/mol. The molecule has 218 valence electrons. The van der Waals surface area contributed by atoms with Crippen LogP contribution >= 0.6 is 0 Å². The van der Waals surface area contributed by atoms with Crippen molar-refractivity contribution >= 4 is 23.5 Å². The molecule has 0 saturated heterocycles. The number of alkyl halides is 3. The molecule has 0 radical (unpaired) electrons. The fourth-order valence-corrected chi connectivity index (χ4v) is 5.55. The summed E-state index contributed by atoms with van der Waals surface area (Å²) in [5.74, 6) is -1.54. The van der Waals surface area contributed by atoms with E-state index in [1.54, 1.807) is 37.3 Å². The second-order valence-corrected chi connectivity index (χ2v) is 12.0. The van der Waals surface area contributed by atoms with Crippen molar-refractivity contribution in [3.05, 3.63) is 64.7 Å². The number of aliphatic carboxylic acids is 1. The molecule has 6 nitrogen and oxygen atoms in total. The second-order valence-electron chi connectivity index (χ2n) is 12.0. The van der Waals surface area contributed by atoms with Crippen molar-refractivity contribution in [1.29, 1.82) is 0 Å². The fraction of sp³-hybridized carbons (Fsp3) is 0.516. The molecule has 2 aromatic rings. The highest BCUT2D eigenvalue weighted by molar-refractivity contribution is 5.94. The van der Waals surface area contributed by atoms with E-state index in [9.17, 15) is 27.6 Å². The van der Waals surface area contributed by atoms with Gasteiger partial charge in [0.2, 0.25) is 5.91 Å². The topological polar surface area (TPSA) is 95.5 Å². The van der Waals surface area contributed by atoms with Crippen LogP contribution in [0.5, 0.6) is 0 Å². The monoisotopic (exact) mass is 560 g/mol. The van der Waals surface area contributed by atoms with E-state index in [2.05, 4.69) is 31.4 Å². The van der Waals surface area contributed by atoms with Crippen LogP contribution in [0.2, 0.25) is 0 Å². The van der Waals surface area contributed by atoms with Crippen LogP contribution in [0.1, 0.15) is 79.9 Å². The van der Waals surface area contributed by atoms with Crippen molar-refractivity contribution in [2.24, 2.45) is 23.2 Å². The third kappa shape index (κ3) is 8.83. The van der Waals surface area contributed by atoms with E-state index < -0.39 is 23.6 Å². The van der Waals surface area contributed by atoms with Crippen LogP contribution < -0.4 is 10.6 Å². The number of hydrogen-bond acceptors (Lipinski definition) is 3. The molecule has 3 N–H and O–H groups in total. The Morgan fingerprint density at radius 2 is 1.60 bits per heavy atom. The van der Waals surface area contributed by atoms with Crippen molar-refractivity contribution in [3.8, 4) is 0 Å². The van der Waals surface area contributed by atoms with Crippen LogP contribution in [-0.4, -0.2) is 29.4 Å². The van der Waals surface area contributed by atoms with Gasteiger partial charge in [0.15, 0.2) is 0 Å². The van der Waals surface area contributed by atoms with Crippen LogP contribution in [0.15, 0.2) is 42.5 Å². The molecule has 1 aliphatic carbocycles. The van der Waals surface area contributed by atoms with Gasteiger partial charge in [-0.05, 0) is 97.7 Å². The van der Waals surface area contributed by atoms with Crippen molar-refractivity contribution in [3.63, 3.8) is 0 Å². The van der Waals surface area contributed by atoms with E-state index in [0.717, 1.165) is 43.4 Å². The summed E-state index contributed by atoms with van der Waals surface area (Å²) in [6.45, 7) is 8.24. The first-order valence-corrected chi connectivity index (χ1v) is 13.7. The molecular weight excluding hydrogens is 521 g/mol. The Bertz CT molecular complexity index is 1190. The summed E-state index contributed by atoms with van der Waals surface area (Å²) in [7, 11) is 0. The van der Waals surface area contributed by atoms with Crippen LogP contribution in [0, 0.1) is 30.1 Å². The summed E-state index contributed by atoms with van der Waals surface area (Å²) < 4.78 is 40.1. The van der Waals surface area contributed by atoms with Gasteiger partial charge >= 0.3 is 12.1 Å². The zero-order valence-corrected chi connectivity index (χ0v) is 23.5. The minimum Gasteiger partial charge on any atom is -0.481 e. The Kier molecular flexibility index (Phi) is 10.0. The first kappa shape index (κ1) is 31.2. The number of rotatable bonds is 9. The number of amides is 2. The number of aryl methyl sites for hydroxylation is 1. The summed E-state index contributed by atoms with van der Waals surface area (Å²) >= 11 is 0. The molecule has 3 rings (SSSR count). The van der Waals surface area contributed by atoms with Gasteiger partial charge in [0.05, 0.1) is 12.0 Å². The Morgan fingerprint density at radius 3 is 2.15 bits per heavy atom. The van der Waals surface area contributed by atoms with Gasteiger partial charge in [0.1, 0.15) is 0 Å².